The number of ether oxygens (including phenoxy) is 2. The second-order valence-electron chi connectivity index (χ2n) is 4.57. The van der Waals surface area contributed by atoms with Crippen molar-refractivity contribution in [3.05, 3.63) is 29.3 Å². The lowest BCUT2D eigenvalue weighted by Crippen LogP contribution is -2.17. The van der Waals surface area contributed by atoms with Crippen molar-refractivity contribution < 1.29 is 19.1 Å². The molecule has 0 unspecified atom stereocenters. The Morgan fingerprint density at radius 2 is 2.14 bits per heavy atom. The van der Waals surface area contributed by atoms with Gasteiger partial charge in [0.1, 0.15) is 6.61 Å². The molecule has 0 atom stereocenters. The molecule has 0 saturated heterocycles. The second kappa shape index (κ2) is 10.8. The zero-order valence-electron chi connectivity index (χ0n) is 12.5. The molecule has 0 saturated carbocycles. The molecule has 0 aromatic heterocycles. The van der Waals surface area contributed by atoms with Crippen molar-refractivity contribution in [3.63, 3.8) is 0 Å². The average molecular weight is 324 g/mol. The molecule has 1 N–H and O–H groups in total. The van der Waals surface area contributed by atoms with Crippen molar-refractivity contribution >= 4 is 30.5 Å². The Kier molecular flexibility index (Phi) is 8.98. The molecule has 0 radical (unpaired) electrons. The molecular formula is C15H20N2O4S. The van der Waals surface area contributed by atoms with Crippen LogP contribution in [0.1, 0.15) is 17.5 Å². The van der Waals surface area contributed by atoms with E-state index in [4.69, 9.17) is 9.47 Å². The Labute approximate surface area is 135 Å². The minimum atomic E-state index is -0.548. The first-order valence-corrected chi connectivity index (χ1v) is 7.55. The SMILES string of the molecule is Cc1cc(CN=C=O)cc(NC(=O)OCCOCCCS)c1. The monoisotopic (exact) mass is 324 g/mol. The number of nitrogens with zero attached hydrogens (tertiary/aromatic N) is 1. The van der Waals surface area contributed by atoms with Gasteiger partial charge < -0.3 is 9.47 Å². The molecule has 7 heteroatoms. The summed E-state index contributed by atoms with van der Waals surface area (Å²) in [7, 11) is 0. The van der Waals surface area contributed by atoms with Gasteiger partial charge in [-0.2, -0.15) is 12.6 Å². The zero-order valence-corrected chi connectivity index (χ0v) is 13.4. The van der Waals surface area contributed by atoms with Gasteiger partial charge in [-0.15, -0.1) is 0 Å². The fourth-order valence-corrected chi connectivity index (χ4v) is 1.89. The number of benzene rings is 1. The molecule has 120 valence electrons. The maximum absolute atomic E-state index is 11.7. The van der Waals surface area contributed by atoms with Crippen LogP contribution in [0, 0.1) is 6.92 Å². The van der Waals surface area contributed by atoms with E-state index in [-0.39, 0.29) is 13.2 Å². The van der Waals surface area contributed by atoms with Gasteiger partial charge in [-0.05, 0) is 42.4 Å². The lowest BCUT2D eigenvalue weighted by atomic mass is 10.1. The third-order valence-electron chi connectivity index (χ3n) is 2.62. The van der Waals surface area contributed by atoms with Crippen LogP contribution in [0.3, 0.4) is 0 Å². The van der Waals surface area contributed by atoms with Gasteiger partial charge in [-0.3, -0.25) is 5.32 Å². The molecule has 0 heterocycles. The van der Waals surface area contributed by atoms with E-state index < -0.39 is 6.09 Å². The van der Waals surface area contributed by atoms with E-state index in [1.807, 2.05) is 13.0 Å². The van der Waals surface area contributed by atoms with Crippen LogP contribution in [-0.4, -0.2) is 37.7 Å². The highest BCUT2D eigenvalue weighted by molar-refractivity contribution is 7.80. The summed E-state index contributed by atoms with van der Waals surface area (Å²) in [5.41, 5.74) is 2.36. The van der Waals surface area contributed by atoms with Crippen molar-refractivity contribution in [2.45, 2.75) is 19.9 Å². The number of amides is 1. The van der Waals surface area contributed by atoms with Gasteiger partial charge in [0.2, 0.25) is 6.08 Å². The highest BCUT2D eigenvalue weighted by atomic mass is 32.1. The summed E-state index contributed by atoms with van der Waals surface area (Å²) in [6.07, 6.45) is 1.81. The number of rotatable bonds is 9. The second-order valence-corrected chi connectivity index (χ2v) is 5.01. The molecule has 1 aromatic rings. The van der Waals surface area contributed by atoms with Crippen LogP contribution in [0.25, 0.3) is 0 Å². The highest BCUT2D eigenvalue weighted by Gasteiger charge is 2.05. The maximum Gasteiger partial charge on any atom is 0.411 e. The molecular weight excluding hydrogens is 304 g/mol. The molecule has 1 amide bonds. The summed E-state index contributed by atoms with van der Waals surface area (Å²) >= 11 is 4.07. The van der Waals surface area contributed by atoms with E-state index in [1.54, 1.807) is 12.1 Å². The Hall–Kier alpha value is -1.82. The zero-order chi connectivity index (χ0) is 16.2. The van der Waals surface area contributed by atoms with Gasteiger partial charge in [0.15, 0.2) is 0 Å². The maximum atomic E-state index is 11.7. The van der Waals surface area contributed by atoms with Gasteiger partial charge in [-0.25, -0.2) is 14.6 Å². The summed E-state index contributed by atoms with van der Waals surface area (Å²) in [6.45, 7) is 3.27. The van der Waals surface area contributed by atoms with Gasteiger partial charge >= 0.3 is 6.09 Å². The fraction of sp³-hybridized carbons (Fsp3) is 0.467. The molecule has 22 heavy (non-hydrogen) atoms. The van der Waals surface area contributed by atoms with Crippen molar-refractivity contribution in [1.82, 2.24) is 0 Å². The molecule has 1 aromatic carbocycles. The third-order valence-corrected chi connectivity index (χ3v) is 2.93. The van der Waals surface area contributed by atoms with E-state index in [1.165, 1.54) is 6.08 Å². The van der Waals surface area contributed by atoms with Crippen LogP contribution < -0.4 is 5.32 Å². The number of nitrogens with one attached hydrogen (secondary N) is 1. The van der Waals surface area contributed by atoms with E-state index in [0.717, 1.165) is 23.3 Å². The highest BCUT2D eigenvalue weighted by Crippen LogP contribution is 2.15. The normalized spacial score (nSPS) is 9.91. The van der Waals surface area contributed by atoms with Gasteiger partial charge in [0.25, 0.3) is 0 Å². The Morgan fingerprint density at radius 3 is 2.86 bits per heavy atom. The Morgan fingerprint density at radius 1 is 1.32 bits per heavy atom. The predicted molar refractivity (Wildman–Crippen MR) is 87.3 cm³/mol. The lowest BCUT2D eigenvalue weighted by molar-refractivity contribution is 0.0789. The van der Waals surface area contributed by atoms with Crippen LogP contribution in [-0.2, 0) is 20.8 Å². The molecule has 0 bridgehead atoms. The first-order valence-electron chi connectivity index (χ1n) is 6.92. The fourth-order valence-electron chi connectivity index (χ4n) is 1.77. The number of anilines is 1. The smallest absolute Gasteiger partial charge is 0.411 e. The number of thiol groups is 1. The first-order chi connectivity index (χ1) is 10.7. The van der Waals surface area contributed by atoms with E-state index in [9.17, 15) is 9.59 Å². The number of isocyanates is 1. The minimum absolute atomic E-state index is 0.187. The molecule has 0 fully saturated rings. The summed E-state index contributed by atoms with van der Waals surface area (Å²) in [4.78, 5) is 25.3. The minimum Gasteiger partial charge on any atom is -0.447 e. The molecule has 0 aliphatic carbocycles. The molecule has 1 rings (SSSR count). The van der Waals surface area contributed by atoms with E-state index >= 15 is 0 Å². The largest absolute Gasteiger partial charge is 0.447 e. The lowest BCUT2D eigenvalue weighted by Gasteiger charge is -2.09. The average Bonchev–Trinajstić information content (AvgIpc) is 2.48. The summed E-state index contributed by atoms with van der Waals surface area (Å²) in [6, 6.07) is 5.42. The van der Waals surface area contributed by atoms with Crippen LogP contribution in [0.15, 0.2) is 23.2 Å². The predicted octanol–water partition coefficient (Wildman–Crippen LogP) is 2.72. The Balaban J connectivity index is 2.40. The Bertz CT molecular complexity index is 530. The molecule has 0 aliphatic heterocycles. The summed E-state index contributed by atoms with van der Waals surface area (Å²) < 4.78 is 10.3. The number of aryl methyl sites for hydroxylation is 1. The van der Waals surface area contributed by atoms with Gasteiger partial charge in [0.05, 0.1) is 13.2 Å². The van der Waals surface area contributed by atoms with Crippen molar-refractivity contribution in [2.24, 2.45) is 4.99 Å². The van der Waals surface area contributed by atoms with E-state index in [2.05, 4.69) is 22.9 Å². The van der Waals surface area contributed by atoms with Crippen LogP contribution >= 0.6 is 12.6 Å². The van der Waals surface area contributed by atoms with Crippen molar-refractivity contribution in [1.29, 1.82) is 0 Å². The van der Waals surface area contributed by atoms with Crippen LogP contribution in [0.4, 0.5) is 10.5 Å². The van der Waals surface area contributed by atoms with Crippen LogP contribution in [0.2, 0.25) is 0 Å². The first kappa shape index (κ1) is 18.2. The number of carbonyl (C=O) groups is 1. The number of aliphatic imine (C=N–C) groups is 1. The molecule has 6 nitrogen and oxygen atoms in total. The van der Waals surface area contributed by atoms with Gasteiger partial charge in [-0.1, -0.05) is 6.07 Å². The number of hydrogen-bond donors (Lipinski definition) is 2. The van der Waals surface area contributed by atoms with Crippen LogP contribution in [0.5, 0.6) is 0 Å². The standard InChI is InChI=1S/C15H20N2O4S/c1-12-7-13(10-16-11-18)9-14(8-12)17-15(19)21-5-4-20-3-2-6-22/h7-9,22H,2-6,10H2,1H3,(H,17,19). The molecule has 0 aliphatic rings. The van der Waals surface area contributed by atoms with Crippen molar-refractivity contribution in [3.8, 4) is 0 Å². The summed E-state index contributed by atoms with van der Waals surface area (Å²) in [5.74, 6) is 0.769. The third kappa shape index (κ3) is 7.83. The van der Waals surface area contributed by atoms with Crippen molar-refractivity contribution in [2.75, 3.05) is 30.9 Å². The number of carbonyl (C=O) groups excluding carboxylic acids is 2. The molecule has 0 spiro atoms. The van der Waals surface area contributed by atoms with E-state index in [0.29, 0.717) is 18.9 Å². The topological polar surface area (TPSA) is 77.0 Å². The quantitative estimate of drug-likeness (QED) is 0.317. The number of hydrogen-bond acceptors (Lipinski definition) is 6. The van der Waals surface area contributed by atoms with Gasteiger partial charge in [0, 0.05) is 12.3 Å². The summed E-state index contributed by atoms with van der Waals surface area (Å²) in [5, 5.41) is 2.63.